The molecule has 0 aliphatic rings. The van der Waals surface area contributed by atoms with Crippen LogP contribution in [0.25, 0.3) is 10.9 Å². The zero-order valence-corrected chi connectivity index (χ0v) is 74.0. The van der Waals surface area contributed by atoms with Gasteiger partial charge in [0, 0.05) is 65.8 Å². The minimum absolute atomic E-state index is 0.0730. The van der Waals surface area contributed by atoms with Gasteiger partial charge in [-0.05, 0) is 93.8 Å². The van der Waals surface area contributed by atoms with Gasteiger partial charge in [0.15, 0.2) is 0 Å². The molecular formula is C87H138N12O17S4. The number of hydrogen-bond acceptors (Lipinski definition) is 21. The Morgan fingerprint density at radius 3 is 1.24 bits per heavy atom. The van der Waals surface area contributed by atoms with Crippen LogP contribution in [0.1, 0.15) is 243 Å². The quantitative estimate of drug-likeness (QED) is 0.0144. The summed E-state index contributed by atoms with van der Waals surface area (Å²) in [7, 11) is 3.99. The number of phenols is 1. The number of carbonyl (C=O) groups excluding carboxylic acids is 9. The van der Waals surface area contributed by atoms with Crippen LogP contribution in [-0.4, -0.2) is 210 Å². The number of amides is 9. The number of para-hydroxylation sites is 1. The molecule has 0 aliphatic heterocycles. The SMILES string of the molecule is CCCCCCCCCCCCCCCC(=O)N[C@@H](CSSC[C@H](NC(=O)[C@H](N)Cc1ccccc1)C(=O)N[C@@H](Cc1ccc(O)cc1)C(=O)N[C@H](Cc1c[nH]c2ccccc12)C(=O)N[C@@H](CCCCN)C(=O)N[C@H](C(=O)N[C@@H](CSSC[C@H](NC(=O)CCCCCCCCCCCCCCC)C(=O)O)C(=O)N[C@H](CO)[C@@H](C)O)[C@@H](C)O)C(=O)O. The number of carbonyl (C=O) groups is 11. The smallest absolute Gasteiger partial charge is 0.327 e. The molecule has 0 saturated carbocycles. The normalized spacial score (nSPS) is 14.4. The number of nitrogens with two attached hydrogens (primary N) is 2. The number of aliphatic hydroxyl groups is 3. The summed E-state index contributed by atoms with van der Waals surface area (Å²) in [6, 6.07) is 7.34. The summed E-state index contributed by atoms with van der Waals surface area (Å²) in [4.78, 5) is 157. The summed E-state index contributed by atoms with van der Waals surface area (Å²) in [5.41, 5.74) is 14.7. The van der Waals surface area contributed by atoms with Crippen molar-refractivity contribution in [1.82, 2.24) is 52.8 Å². The van der Waals surface area contributed by atoms with Gasteiger partial charge < -0.3 is 94.9 Å². The van der Waals surface area contributed by atoms with E-state index in [9.17, 15) is 73.8 Å². The second-order valence-electron chi connectivity index (χ2n) is 31.1. The van der Waals surface area contributed by atoms with Crippen molar-refractivity contribution >= 4 is 119 Å². The molecule has 0 bridgehead atoms. The molecule has 0 aliphatic carbocycles. The largest absolute Gasteiger partial charge is 0.508 e. The number of nitrogens with one attached hydrogen (secondary N) is 10. The number of fused-ring (bicyclic) bond motifs is 1. The lowest BCUT2D eigenvalue weighted by Gasteiger charge is -2.29. The first kappa shape index (κ1) is 105. The Balaban J connectivity index is 1.56. The van der Waals surface area contributed by atoms with E-state index in [1.807, 2.05) is 0 Å². The molecule has 1 heterocycles. The monoisotopic (exact) mass is 1750 g/mol. The van der Waals surface area contributed by atoms with Gasteiger partial charge in [0.25, 0.3) is 0 Å². The molecule has 33 heteroatoms. The van der Waals surface area contributed by atoms with Crippen molar-refractivity contribution in [2.45, 2.75) is 319 Å². The third kappa shape index (κ3) is 43.9. The minimum Gasteiger partial charge on any atom is -0.508 e. The molecule has 672 valence electrons. The molecule has 29 nitrogen and oxygen atoms in total. The van der Waals surface area contributed by atoms with E-state index < -0.39 is 144 Å². The molecule has 0 radical (unpaired) electrons. The molecule has 9 amide bonds. The van der Waals surface area contributed by atoms with Gasteiger partial charge >= 0.3 is 11.9 Å². The van der Waals surface area contributed by atoms with Crippen molar-refractivity contribution < 1.29 is 83.4 Å². The number of H-pyrrole nitrogens is 1. The van der Waals surface area contributed by atoms with Crippen molar-refractivity contribution in [2.24, 2.45) is 11.5 Å². The number of aliphatic hydroxyl groups excluding tert-OH is 3. The molecule has 20 N–H and O–H groups in total. The van der Waals surface area contributed by atoms with Crippen LogP contribution in [-0.2, 0) is 72.0 Å². The van der Waals surface area contributed by atoms with Gasteiger partial charge in [0.1, 0.15) is 54.1 Å². The fourth-order valence-electron chi connectivity index (χ4n) is 13.5. The fraction of sp³-hybridized carbons (Fsp3) is 0.644. The standard InChI is InChI=1S/C87H138N12O17S4/c1-5-7-9-11-13-15-17-19-21-23-25-27-32-43-76(104)91-74(86(113)114)57-119-117-55-72(97-79(106)66(89)50-61-38-30-29-31-39-61)83(110)94-69(51-62-45-47-64(103)48-46-62)81(108)95-70(52-63-53-90-67-41-35-34-40-65(63)67)82(109)93-68(42-36-37-49-88)80(107)99-78(60(4)102)85(112)98-73(84(111)96-71(54-100)59(3)101)56-118-120-58-75(87(115)116)92-77(105)44-33-28-26-24-22-20-18-16-14-12-10-8-6-2/h29-31,34-35,38-41,45-48,53,59-60,66,68-75,78,90,100-103H,5-28,32-33,36-37,42-44,49-52,54-58,88-89H2,1-4H3,(H,91,104)(H,92,105)(H,93,109)(H,94,110)(H,95,108)(H,96,111)(H,97,106)(H,98,112)(H,99,107)(H,113,114)(H,115,116)/t59-,60-,66-,68+,69+,70-,71-,72+,73+,74+,75+,78+/m1/s1. The molecule has 0 fully saturated rings. The predicted molar refractivity (Wildman–Crippen MR) is 478 cm³/mol. The van der Waals surface area contributed by atoms with Gasteiger partial charge in [0.2, 0.25) is 53.2 Å². The summed E-state index contributed by atoms with van der Waals surface area (Å²) in [5.74, 6) is -10.8. The average Bonchev–Trinajstić information content (AvgIpc) is 1.64. The van der Waals surface area contributed by atoms with Crippen LogP contribution in [0.15, 0.2) is 85.1 Å². The third-order valence-electron chi connectivity index (χ3n) is 20.8. The van der Waals surface area contributed by atoms with Gasteiger partial charge in [-0.25, -0.2) is 9.59 Å². The fourth-order valence-corrected chi connectivity index (χ4v) is 18.1. The number of carboxylic acid groups (broad SMARTS) is 2. The van der Waals surface area contributed by atoms with Gasteiger partial charge in [-0.3, -0.25) is 43.2 Å². The number of aromatic hydroxyl groups is 1. The summed E-state index contributed by atoms with van der Waals surface area (Å²) >= 11 is 0. The van der Waals surface area contributed by atoms with E-state index in [0.29, 0.717) is 41.3 Å². The van der Waals surface area contributed by atoms with Crippen LogP contribution in [0.4, 0.5) is 0 Å². The van der Waals surface area contributed by atoms with E-state index in [1.54, 1.807) is 60.8 Å². The van der Waals surface area contributed by atoms with Crippen molar-refractivity contribution in [2.75, 3.05) is 36.2 Å². The van der Waals surface area contributed by atoms with Crippen LogP contribution in [0.3, 0.4) is 0 Å². The highest BCUT2D eigenvalue weighted by molar-refractivity contribution is 8.77. The highest BCUT2D eigenvalue weighted by Gasteiger charge is 2.37. The van der Waals surface area contributed by atoms with Crippen LogP contribution in [0.5, 0.6) is 5.75 Å². The molecule has 0 saturated heterocycles. The molecule has 120 heavy (non-hydrogen) atoms. The molecule has 4 rings (SSSR count). The summed E-state index contributed by atoms with van der Waals surface area (Å²) in [5, 5.41) is 86.8. The molecule has 0 unspecified atom stereocenters. The molecule has 4 aromatic rings. The third-order valence-corrected chi connectivity index (χ3v) is 25.6. The highest BCUT2D eigenvalue weighted by atomic mass is 33.1. The number of aliphatic carboxylic acids is 2. The van der Waals surface area contributed by atoms with Gasteiger partial charge in [-0.15, -0.1) is 0 Å². The maximum absolute atomic E-state index is 15.3. The van der Waals surface area contributed by atoms with E-state index >= 15 is 9.59 Å². The maximum Gasteiger partial charge on any atom is 0.327 e. The van der Waals surface area contributed by atoms with E-state index in [4.69, 9.17) is 11.5 Å². The first-order chi connectivity index (χ1) is 57.8. The number of phenolic OH excluding ortho intramolecular Hbond substituents is 1. The van der Waals surface area contributed by atoms with E-state index in [0.717, 1.165) is 100 Å². The number of aromatic nitrogens is 1. The minimum atomic E-state index is -1.83. The lowest BCUT2D eigenvalue weighted by Crippen LogP contribution is -2.62. The van der Waals surface area contributed by atoms with E-state index in [1.165, 1.54) is 141 Å². The van der Waals surface area contributed by atoms with Crippen LogP contribution in [0, 0.1) is 0 Å². The molecule has 1 aromatic heterocycles. The van der Waals surface area contributed by atoms with Crippen molar-refractivity contribution in [3.63, 3.8) is 0 Å². The van der Waals surface area contributed by atoms with Crippen molar-refractivity contribution in [3.8, 4) is 5.75 Å². The highest BCUT2D eigenvalue weighted by Crippen LogP contribution is 2.27. The second-order valence-corrected chi connectivity index (χ2v) is 36.2. The Morgan fingerprint density at radius 2 is 0.792 bits per heavy atom. The van der Waals surface area contributed by atoms with Crippen molar-refractivity contribution in [1.29, 1.82) is 0 Å². The number of carboxylic acids is 2. The summed E-state index contributed by atoms with van der Waals surface area (Å²) in [6.45, 7) is 6.38. The predicted octanol–water partition coefficient (Wildman–Crippen LogP) is 9.37. The number of unbranched alkanes of at least 4 members (excludes halogenated alkanes) is 25. The van der Waals surface area contributed by atoms with Gasteiger partial charge in [-0.2, -0.15) is 0 Å². The summed E-state index contributed by atoms with van der Waals surface area (Å²) < 4.78 is 0. The molecular weight excluding hydrogens is 1610 g/mol. The van der Waals surface area contributed by atoms with Crippen LogP contribution < -0.4 is 59.3 Å². The number of rotatable bonds is 69. The van der Waals surface area contributed by atoms with Crippen LogP contribution in [0.2, 0.25) is 0 Å². The van der Waals surface area contributed by atoms with E-state index in [2.05, 4.69) is 66.7 Å². The first-order valence-corrected chi connectivity index (χ1v) is 48.2. The average molecular weight is 1750 g/mol. The maximum atomic E-state index is 15.3. The zero-order chi connectivity index (χ0) is 87.8. The van der Waals surface area contributed by atoms with Gasteiger partial charge in [0.05, 0.1) is 30.9 Å². The Bertz CT molecular complexity index is 3640. The molecule has 12 atom stereocenters. The Labute approximate surface area is 724 Å². The lowest BCUT2D eigenvalue weighted by molar-refractivity contribution is -0.141. The zero-order valence-electron chi connectivity index (χ0n) is 70.8. The Morgan fingerprint density at radius 1 is 0.400 bits per heavy atom. The molecule has 0 spiro atoms. The summed E-state index contributed by atoms with van der Waals surface area (Å²) in [6.07, 6.45) is 28.1. The lowest BCUT2D eigenvalue weighted by atomic mass is 10.0. The van der Waals surface area contributed by atoms with Crippen molar-refractivity contribution in [3.05, 3.63) is 102 Å². The number of hydrogen-bond donors (Lipinski definition) is 18. The van der Waals surface area contributed by atoms with Gasteiger partial charge in [-0.1, -0.05) is 272 Å². The first-order valence-electron chi connectivity index (χ1n) is 43.2. The second kappa shape index (κ2) is 62.5. The molecule has 3 aromatic carbocycles. The topological polar surface area (TPSA) is 485 Å². The number of benzene rings is 3. The Kier molecular flexibility index (Phi) is 54.5. The van der Waals surface area contributed by atoms with E-state index in [-0.39, 0.29) is 80.3 Å². The number of aromatic amines is 1. The van der Waals surface area contributed by atoms with Crippen LogP contribution >= 0.6 is 43.2 Å². The Hall–Kier alpha value is -7.63.